The molecule has 0 radical (unpaired) electrons. The Kier molecular flexibility index (Phi) is 4.77. The number of H-pyrrole nitrogens is 1. The first-order valence-electron chi connectivity index (χ1n) is 10.2. The highest BCUT2D eigenvalue weighted by atomic mass is 19.2. The lowest BCUT2D eigenvalue weighted by atomic mass is 10.1. The molecule has 158 valence electrons. The number of likely N-dealkylation sites (tertiary alicyclic amines) is 1. The molecular weight excluding hydrogens is 400 g/mol. The Morgan fingerprint density at radius 3 is 2.94 bits per heavy atom. The topological polar surface area (TPSA) is 66.8 Å². The van der Waals surface area contributed by atoms with Crippen LogP contribution in [0.4, 0.5) is 8.78 Å². The average molecular weight is 421 g/mol. The minimum absolute atomic E-state index is 0.0483. The number of nitrogens with zero attached hydrogens (tertiary/aromatic N) is 4. The number of carbonyl (C=O) groups is 1. The molecule has 0 saturated carbocycles. The van der Waals surface area contributed by atoms with Crippen LogP contribution >= 0.6 is 0 Å². The van der Waals surface area contributed by atoms with Gasteiger partial charge in [0.15, 0.2) is 11.6 Å². The molecule has 1 N–H and O–H groups in total. The molecule has 1 amide bonds. The zero-order valence-corrected chi connectivity index (χ0v) is 16.9. The second-order valence-corrected chi connectivity index (χ2v) is 8.09. The number of nitrogens with one attached hydrogen (secondary N) is 1. The van der Waals surface area contributed by atoms with Crippen molar-refractivity contribution >= 4 is 16.8 Å². The third kappa shape index (κ3) is 3.48. The fourth-order valence-corrected chi connectivity index (χ4v) is 4.46. The predicted molar refractivity (Wildman–Crippen MR) is 112 cm³/mol. The maximum Gasteiger partial charge on any atom is 0.257 e. The summed E-state index contributed by atoms with van der Waals surface area (Å²) in [6.45, 7) is 3.16. The number of hydrogen-bond donors (Lipinski definition) is 1. The Labute approximate surface area is 177 Å². The summed E-state index contributed by atoms with van der Waals surface area (Å²) in [6.07, 6.45) is 8.20. The van der Waals surface area contributed by atoms with Crippen LogP contribution in [0.5, 0.6) is 0 Å². The van der Waals surface area contributed by atoms with Gasteiger partial charge in [0.05, 0.1) is 29.2 Å². The van der Waals surface area contributed by atoms with E-state index in [2.05, 4.69) is 19.7 Å². The molecule has 4 heterocycles. The van der Waals surface area contributed by atoms with Crippen molar-refractivity contribution in [2.75, 3.05) is 6.54 Å². The highest BCUT2D eigenvalue weighted by Crippen LogP contribution is 2.29. The Hall–Kier alpha value is -3.55. The standard InChI is InChI=1S/C23H21F2N5O/c1-14-7-15(13-30(14)23(31)18-3-2-4-19(24)22(18)25)12-29-6-5-16-8-20(26-11-21(16)29)17-9-27-28-10-17/h2-6,8-11,14-15H,7,12-13H2,1H3,(H,27,28)/t14-,15?/m0/s1. The Bertz CT molecular complexity index is 1250. The molecule has 0 spiro atoms. The van der Waals surface area contributed by atoms with Crippen LogP contribution in [0.3, 0.4) is 0 Å². The summed E-state index contributed by atoms with van der Waals surface area (Å²) in [5.74, 6) is -2.34. The molecule has 8 heteroatoms. The van der Waals surface area contributed by atoms with Crippen LogP contribution in [0.15, 0.2) is 55.1 Å². The number of carbonyl (C=O) groups excluding carboxylic acids is 1. The molecule has 4 aromatic rings. The minimum atomic E-state index is -1.08. The number of aromatic nitrogens is 4. The molecule has 0 bridgehead atoms. The number of hydrogen-bond acceptors (Lipinski definition) is 3. The summed E-state index contributed by atoms with van der Waals surface area (Å²) in [7, 11) is 0. The van der Waals surface area contributed by atoms with Gasteiger partial charge >= 0.3 is 0 Å². The fourth-order valence-electron chi connectivity index (χ4n) is 4.46. The third-order valence-electron chi connectivity index (χ3n) is 6.01. The van der Waals surface area contributed by atoms with E-state index in [1.807, 2.05) is 31.5 Å². The summed E-state index contributed by atoms with van der Waals surface area (Å²) in [5.41, 5.74) is 2.58. The fraction of sp³-hybridized carbons (Fsp3) is 0.261. The van der Waals surface area contributed by atoms with Crippen molar-refractivity contribution in [3.05, 3.63) is 72.3 Å². The van der Waals surface area contributed by atoms with Crippen molar-refractivity contribution in [3.63, 3.8) is 0 Å². The molecular formula is C23H21F2N5O. The van der Waals surface area contributed by atoms with Gasteiger partial charge in [-0.05, 0) is 43.5 Å². The highest BCUT2D eigenvalue weighted by Gasteiger charge is 2.34. The van der Waals surface area contributed by atoms with Crippen LogP contribution in [0.1, 0.15) is 23.7 Å². The number of pyridine rings is 1. The van der Waals surface area contributed by atoms with Crippen LogP contribution in [0.2, 0.25) is 0 Å². The van der Waals surface area contributed by atoms with Gasteiger partial charge in [0.25, 0.3) is 5.91 Å². The van der Waals surface area contributed by atoms with E-state index in [0.717, 1.165) is 41.2 Å². The SMILES string of the molecule is C[C@H]1CC(Cn2ccc3cc(-c4cn[nH]c4)ncc32)CN1C(=O)c1cccc(F)c1F. The number of halogens is 2. The first-order valence-corrected chi connectivity index (χ1v) is 10.2. The average Bonchev–Trinajstić information content (AvgIpc) is 3.50. The molecule has 1 aliphatic heterocycles. The second-order valence-electron chi connectivity index (χ2n) is 8.09. The first kappa shape index (κ1) is 19.4. The van der Waals surface area contributed by atoms with Gasteiger partial charge in [0, 0.05) is 42.5 Å². The monoisotopic (exact) mass is 421 g/mol. The Balaban J connectivity index is 1.34. The lowest BCUT2D eigenvalue weighted by molar-refractivity contribution is 0.0736. The van der Waals surface area contributed by atoms with E-state index >= 15 is 0 Å². The summed E-state index contributed by atoms with van der Waals surface area (Å²) in [4.78, 5) is 19.0. The van der Waals surface area contributed by atoms with Gasteiger partial charge in [-0.2, -0.15) is 5.10 Å². The summed E-state index contributed by atoms with van der Waals surface area (Å²) < 4.78 is 29.8. The molecule has 31 heavy (non-hydrogen) atoms. The molecule has 2 atom stereocenters. The number of benzene rings is 1. The van der Waals surface area contributed by atoms with E-state index in [9.17, 15) is 13.6 Å². The van der Waals surface area contributed by atoms with Crippen LogP contribution in [-0.2, 0) is 6.54 Å². The van der Waals surface area contributed by atoms with Crippen LogP contribution < -0.4 is 0 Å². The number of aromatic amines is 1. The summed E-state index contributed by atoms with van der Waals surface area (Å²) >= 11 is 0. The lowest BCUT2D eigenvalue weighted by Crippen LogP contribution is -2.34. The van der Waals surface area contributed by atoms with Crippen LogP contribution in [0, 0.1) is 17.6 Å². The van der Waals surface area contributed by atoms with E-state index in [4.69, 9.17) is 0 Å². The molecule has 1 unspecified atom stereocenters. The van der Waals surface area contributed by atoms with Crippen molar-refractivity contribution < 1.29 is 13.6 Å². The Morgan fingerprint density at radius 1 is 1.26 bits per heavy atom. The molecule has 1 aromatic carbocycles. The Morgan fingerprint density at radius 2 is 2.13 bits per heavy atom. The van der Waals surface area contributed by atoms with E-state index in [1.54, 1.807) is 17.3 Å². The van der Waals surface area contributed by atoms with Crippen LogP contribution in [0.25, 0.3) is 22.2 Å². The van der Waals surface area contributed by atoms with Crippen molar-refractivity contribution in [2.45, 2.75) is 25.9 Å². The quantitative estimate of drug-likeness (QED) is 0.536. The third-order valence-corrected chi connectivity index (χ3v) is 6.01. The van der Waals surface area contributed by atoms with Crippen molar-refractivity contribution in [1.82, 2.24) is 24.6 Å². The number of rotatable bonds is 4. The van der Waals surface area contributed by atoms with Gasteiger partial charge < -0.3 is 9.47 Å². The smallest absolute Gasteiger partial charge is 0.257 e. The molecule has 6 nitrogen and oxygen atoms in total. The molecule has 3 aromatic heterocycles. The van der Waals surface area contributed by atoms with Crippen molar-refractivity contribution in [2.24, 2.45) is 5.92 Å². The predicted octanol–water partition coefficient (Wildman–Crippen LogP) is 4.26. The molecule has 1 saturated heterocycles. The van der Waals surface area contributed by atoms with Gasteiger partial charge in [-0.3, -0.25) is 14.9 Å². The molecule has 1 aliphatic rings. The summed E-state index contributed by atoms with van der Waals surface area (Å²) in [5, 5.41) is 7.84. The number of fused-ring (bicyclic) bond motifs is 1. The van der Waals surface area contributed by atoms with Gasteiger partial charge in [-0.15, -0.1) is 0 Å². The zero-order valence-electron chi connectivity index (χ0n) is 16.9. The maximum absolute atomic E-state index is 14.1. The van der Waals surface area contributed by atoms with Crippen molar-refractivity contribution in [3.8, 4) is 11.3 Å². The highest BCUT2D eigenvalue weighted by molar-refractivity contribution is 5.95. The minimum Gasteiger partial charge on any atom is -0.346 e. The van der Waals surface area contributed by atoms with Gasteiger partial charge in [-0.25, -0.2) is 8.78 Å². The number of amides is 1. The first-order chi connectivity index (χ1) is 15.0. The lowest BCUT2D eigenvalue weighted by Gasteiger charge is -2.22. The van der Waals surface area contributed by atoms with E-state index in [1.165, 1.54) is 12.1 Å². The van der Waals surface area contributed by atoms with Gasteiger partial charge in [0.1, 0.15) is 0 Å². The maximum atomic E-state index is 14.1. The summed E-state index contributed by atoms with van der Waals surface area (Å²) in [6, 6.07) is 7.74. The van der Waals surface area contributed by atoms with E-state index < -0.39 is 17.5 Å². The van der Waals surface area contributed by atoms with Crippen molar-refractivity contribution in [1.29, 1.82) is 0 Å². The molecule has 0 aliphatic carbocycles. The van der Waals surface area contributed by atoms with Gasteiger partial charge in [0.2, 0.25) is 0 Å². The van der Waals surface area contributed by atoms with Gasteiger partial charge in [-0.1, -0.05) is 6.07 Å². The normalized spacial score (nSPS) is 18.7. The van der Waals surface area contributed by atoms with Crippen LogP contribution in [-0.4, -0.2) is 43.1 Å². The largest absolute Gasteiger partial charge is 0.346 e. The molecule has 1 fully saturated rings. The van der Waals surface area contributed by atoms with E-state index in [-0.39, 0.29) is 17.5 Å². The van der Waals surface area contributed by atoms with E-state index in [0.29, 0.717) is 6.54 Å². The molecule has 5 rings (SSSR count). The second kappa shape index (κ2) is 7.61. The zero-order chi connectivity index (χ0) is 21.5.